The van der Waals surface area contributed by atoms with Gasteiger partial charge in [-0.3, -0.25) is 4.90 Å². The number of allylic oxidation sites excluding steroid dienone is 1. The van der Waals surface area contributed by atoms with E-state index in [1.165, 1.54) is 12.1 Å². The number of carbonyl (C=O) groups excluding carboxylic acids is 1. The lowest BCUT2D eigenvalue weighted by atomic mass is 10.0. The Morgan fingerprint density at radius 2 is 2.00 bits per heavy atom. The number of fused-ring (bicyclic) bond motifs is 1. The predicted molar refractivity (Wildman–Crippen MR) is 139 cm³/mol. The molecule has 2 amide bonds. The molecule has 10 heteroatoms. The molecular weight excluding hydrogens is 481 g/mol. The highest BCUT2D eigenvalue weighted by atomic mass is 19.4. The van der Waals surface area contributed by atoms with E-state index < -0.39 is 11.7 Å². The van der Waals surface area contributed by atoms with Crippen LogP contribution in [0.4, 0.5) is 35.4 Å². The van der Waals surface area contributed by atoms with Crippen molar-refractivity contribution >= 4 is 23.5 Å². The molecule has 0 spiro atoms. The normalized spacial score (nSPS) is 20.3. The lowest BCUT2D eigenvalue weighted by Crippen LogP contribution is -2.38. The standard InChI is InChI=1S/C27H33F3N6O/c1-6-35-21(9-7-8-19-14-20(27(28,29)30)10-11-22(19)35)17(4)18(5)33-25-31-13-12-24(34-25)36-23(16(2)3)15-32-26(36)37/h6,10-14,16,18,23H,1,7-9,15H2,2-5H3,(H,32,37)(H,31,33,34)/b21-17+/t18-,23+/m0/s1. The van der Waals surface area contributed by atoms with Gasteiger partial charge in [0.15, 0.2) is 0 Å². The van der Waals surface area contributed by atoms with E-state index in [1.807, 2.05) is 18.7 Å². The van der Waals surface area contributed by atoms with Gasteiger partial charge in [-0.15, -0.1) is 0 Å². The van der Waals surface area contributed by atoms with Crippen molar-refractivity contribution in [2.75, 3.05) is 21.7 Å². The van der Waals surface area contributed by atoms with Crippen molar-refractivity contribution in [3.05, 3.63) is 65.6 Å². The molecule has 7 nitrogen and oxygen atoms in total. The number of aryl methyl sites for hydroxylation is 1. The molecule has 198 valence electrons. The molecule has 2 aromatic rings. The lowest BCUT2D eigenvalue weighted by Gasteiger charge is -2.28. The van der Waals surface area contributed by atoms with E-state index in [2.05, 4.69) is 41.0 Å². The second-order valence-corrected chi connectivity index (χ2v) is 9.85. The summed E-state index contributed by atoms with van der Waals surface area (Å²) in [6, 6.07) is 5.24. The molecule has 0 unspecified atom stereocenters. The molecule has 2 N–H and O–H groups in total. The summed E-state index contributed by atoms with van der Waals surface area (Å²) >= 11 is 0. The van der Waals surface area contributed by atoms with Gasteiger partial charge in [0.1, 0.15) is 5.82 Å². The SMILES string of the molecule is C=CN1/C(=C(\C)[C@H](C)Nc2nccc(N3C(=O)NC[C@@H]3C(C)C)n2)CCCc2cc(C(F)(F)F)ccc21. The smallest absolute Gasteiger partial charge is 0.348 e. The molecule has 1 aromatic heterocycles. The van der Waals surface area contributed by atoms with Crippen molar-refractivity contribution in [2.24, 2.45) is 5.92 Å². The van der Waals surface area contributed by atoms with Gasteiger partial charge in [-0.25, -0.2) is 9.78 Å². The summed E-state index contributed by atoms with van der Waals surface area (Å²) in [5.41, 5.74) is 2.69. The first-order valence-corrected chi connectivity index (χ1v) is 12.5. The fourth-order valence-electron chi connectivity index (χ4n) is 4.94. The Morgan fingerprint density at radius 3 is 2.68 bits per heavy atom. The number of nitrogens with one attached hydrogen (secondary N) is 2. The number of carbonyl (C=O) groups is 1. The zero-order chi connectivity index (χ0) is 26.9. The molecule has 3 heterocycles. The molecule has 4 rings (SSSR count). The zero-order valence-corrected chi connectivity index (χ0v) is 21.6. The van der Waals surface area contributed by atoms with Gasteiger partial charge in [0, 0.05) is 36.4 Å². The number of halogens is 3. The predicted octanol–water partition coefficient (Wildman–Crippen LogP) is 6.11. The Balaban J connectivity index is 1.60. The van der Waals surface area contributed by atoms with Crippen molar-refractivity contribution in [1.29, 1.82) is 0 Å². The van der Waals surface area contributed by atoms with Crippen LogP contribution in [0.2, 0.25) is 0 Å². The molecule has 1 aromatic carbocycles. The summed E-state index contributed by atoms with van der Waals surface area (Å²) in [5, 5.41) is 6.21. The Kier molecular flexibility index (Phi) is 7.47. The van der Waals surface area contributed by atoms with Crippen molar-refractivity contribution in [3.63, 3.8) is 0 Å². The van der Waals surface area contributed by atoms with Crippen molar-refractivity contribution < 1.29 is 18.0 Å². The monoisotopic (exact) mass is 514 g/mol. The van der Waals surface area contributed by atoms with Crippen LogP contribution in [0.25, 0.3) is 0 Å². The Morgan fingerprint density at radius 1 is 1.24 bits per heavy atom. The van der Waals surface area contributed by atoms with Gasteiger partial charge in [-0.2, -0.15) is 18.2 Å². The molecule has 1 saturated heterocycles. The number of amides is 2. The van der Waals surface area contributed by atoms with Crippen LogP contribution < -0.4 is 20.4 Å². The highest BCUT2D eigenvalue weighted by Crippen LogP contribution is 2.38. The second-order valence-electron chi connectivity index (χ2n) is 9.85. The fraction of sp³-hybridized carbons (Fsp3) is 0.444. The van der Waals surface area contributed by atoms with Crippen LogP contribution in [0.5, 0.6) is 0 Å². The highest BCUT2D eigenvalue weighted by Gasteiger charge is 2.35. The summed E-state index contributed by atoms with van der Waals surface area (Å²) in [4.78, 5) is 25.0. The maximum absolute atomic E-state index is 13.3. The number of alkyl halides is 3. The third-order valence-electron chi connectivity index (χ3n) is 7.12. The minimum Gasteiger partial charge on any atom is -0.348 e. The van der Waals surface area contributed by atoms with Crippen LogP contribution >= 0.6 is 0 Å². The summed E-state index contributed by atoms with van der Waals surface area (Å²) in [6.45, 7) is 12.6. The van der Waals surface area contributed by atoms with Gasteiger partial charge in [0.05, 0.1) is 11.6 Å². The van der Waals surface area contributed by atoms with E-state index in [1.54, 1.807) is 23.4 Å². The number of urea groups is 1. The average molecular weight is 515 g/mol. The van der Waals surface area contributed by atoms with E-state index in [4.69, 9.17) is 0 Å². The number of hydrogen-bond acceptors (Lipinski definition) is 5. The van der Waals surface area contributed by atoms with Crippen LogP contribution in [-0.4, -0.2) is 34.6 Å². The largest absolute Gasteiger partial charge is 0.416 e. The van der Waals surface area contributed by atoms with Crippen LogP contribution in [0.1, 0.15) is 51.7 Å². The number of rotatable bonds is 6. The summed E-state index contributed by atoms with van der Waals surface area (Å²) in [7, 11) is 0. The Hall–Kier alpha value is -3.56. The summed E-state index contributed by atoms with van der Waals surface area (Å²) in [6.07, 6.45) is 0.835. The molecule has 0 radical (unpaired) electrons. The van der Waals surface area contributed by atoms with E-state index in [0.29, 0.717) is 48.8 Å². The van der Waals surface area contributed by atoms with Gasteiger partial charge in [-0.1, -0.05) is 20.4 Å². The minimum absolute atomic E-state index is 0.00148. The molecule has 2 aliphatic rings. The van der Waals surface area contributed by atoms with E-state index >= 15 is 0 Å². The average Bonchev–Trinajstić information content (AvgIpc) is 3.14. The molecular formula is C27H33F3N6O. The molecule has 37 heavy (non-hydrogen) atoms. The van der Waals surface area contributed by atoms with E-state index in [-0.39, 0.29) is 24.0 Å². The quantitative estimate of drug-likeness (QED) is 0.487. The van der Waals surface area contributed by atoms with Gasteiger partial charge in [-0.05, 0) is 74.4 Å². The molecule has 0 aliphatic carbocycles. The first-order chi connectivity index (χ1) is 17.5. The van der Waals surface area contributed by atoms with Gasteiger partial charge >= 0.3 is 12.2 Å². The lowest BCUT2D eigenvalue weighted by molar-refractivity contribution is -0.137. The molecule has 2 aliphatic heterocycles. The number of aromatic nitrogens is 2. The van der Waals surface area contributed by atoms with Gasteiger partial charge in [0.25, 0.3) is 0 Å². The van der Waals surface area contributed by atoms with Crippen LogP contribution in [0, 0.1) is 5.92 Å². The molecule has 0 saturated carbocycles. The maximum atomic E-state index is 13.3. The van der Waals surface area contributed by atoms with Gasteiger partial charge < -0.3 is 15.5 Å². The third-order valence-corrected chi connectivity index (χ3v) is 7.12. The Labute approximate surface area is 215 Å². The first-order valence-electron chi connectivity index (χ1n) is 12.5. The zero-order valence-electron chi connectivity index (χ0n) is 21.6. The molecule has 1 fully saturated rings. The summed E-state index contributed by atoms with van der Waals surface area (Å²) in [5.74, 6) is 1.17. The maximum Gasteiger partial charge on any atom is 0.416 e. The molecule has 2 atom stereocenters. The highest BCUT2D eigenvalue weighted by molar-refractivity contribution is 5.94. The number of nitrogens with zero attached hydrogens (tertiary/aromatic N) is 4. The topological polar surface area (TPSA) is 73.4 Å². The first kappa shape index (κ1) is 26.5. The van der Waals surface area contributed by atoms with Crippen LogP contribution in [0.15, 0.2) is 54.5 Å². The third kappa shape index (κ3) is 5.42. The van der Waals surface area contributed by atoms with Gasteiger partial charge in [0.2, 0.25) is 5.95 Å². The fourth-order valence-corrected chi connectivity index (χ4v) is 4.94. The van der Waals surface area contributed by atoms with Crippen LogP contribution in [-0.2, 0) is 12.6 Å². The number of anilines is 3. The Bertz CT molecular complexity index is 1210. The second kappa shape index (κ2) is 10.4. The number of hydrogen-bond donors (Lipinski definition) is 2. The van der Waals surface area contributed by atoms with Crippen molar-refractivity contribution in [2.45, 2.75) is 65.2 Å². The van der Waals surface area contributed by atoms with Crippen molar-refractivity contribution in [3.8, 4) is 0 Å². The van der Waals surface area contributed by atoms with E-state index in [0.717, 1.165) is 17.3 Å². The van der Waals surface area contributed by atoms with Crippen molar-refractivity contribution in [1.82, 2.24) is 15.3 Å². The summed E-state index contributed by atoms with van der Waals surface area (Å²) < 4.78 is 39.8. The van der Waals surface area contributed by atoms with E-state index in [9.17, 15) is 18.0 Å². The van der Waals surface area contributed by atoms with Crippen LogP contribution in [0.3, 0.4) is 0 Å². The minimum atomic E-state index is -4.38. The number of benzene rings is 1. The molecule has 0 bridgehead atoms.